The van der Waals surface area contributed by atoms with Crippen molar-refractivity contribution in [3.8, 4) is 0 Å². The molecular weight excluding hydrogens is 260 g/mol. The summed E-state index contributed by atoms with van der Waals surface area (Å²) in [5.41, 5.74) is 8.61. The van der Waals surface area contributed by atoms with Gasteiger partial charge in [-0.3, -0.25) is 9.89 Å². The molecule has 5 nitrogen and oxygen atoms in total. The van der Waals surface area contributed by atoms with E-state index in [2.05, 4.69) is 15.5 Å². The van der Waals surface area contributed by atoms with Gasteiger partial charge in [-0.15, -0.1) is 0 Å². The second-order valence-electron chi connectivity index (χ2n) is 4.30. The third-order valence-corrected chi connectivity index (χ3v) is 3.00. The van der Waals surface area contributed by atoms with Gasteiger partial charge in [0.05, 0.1) is 11.8 Å². The van der Waals surface area contributed by atoms with Gasteiger partial charge in [-0.25, -0.2) is 0 Å². The Kier molecular flexibility index (Phi) is 3.62. The molecule has 0 bridgehead atoms. The van der Waals surface area contributed by atoms with Crippen LogP contribution in [0, 0.1) is 13.8 Å². The number of rotatable bonds is 3. The summed E-state index contributed by atoms with van der Waals surface area (Å²) in [5, 5.41) is 9.23. The van der Waals surface area contributed by atoms with E-state index in [9.17, 15) is 4.79 Å². The monoisotopic (exact) mass is 274 g/mol. The van der Waals surface area contributed by atoms with Gasteiger partial charge < -0.3 is 11.1 Å². The number of hydrogen-bond donors (Lipinski definition) is 3. The molecule has 0 spiro atoms. The summed E-state index contributed by atoms with van der Waals surface area (Å²) in [6, 6.07) is 5.70. The molecule has 0 unspecified atom stereocenters. The van der Waals surface area contributed by atoms with Crippen LogP contribution in [0.2, 0.25) is 0 Å². The quantitative estimate of drug-likeness (QED) is 0.747. The Balaban J connectivity index is 2.28. The van der Waals surface area contributed by atoms with Gasteiger partial charge in [0.25, 0.3) is 5.91 Å². The number of thiocarbonyl (C=S) groups is 1. The van der Waals surface area contributed by atoms with Crippen LogP contribution in [0.1, 0.15) is 27.0 Å². The van der Waals surface area contributed by atoms with Gasteiger partial charge in [-0.1, -0.05) is 29.9 Å². The zero-order valence-electron chi connectivity index (χ0n) is 10.7. The van der Waals surface area contributed by atoms with Gasteiger partial charge in [0, 0.05) is 5.56 Å². The Hall–Kier alpha value is -2.21. The molecule has 0 atom stereocenters. The number of aromatic nitrogens is 2. The standard InChI is InChI=1S/C13H14N4OS/c1-7-3-4-8(2)9(5-7)13(18)16-12-10(11(14)19)6-15-17-12/h3-6H,1-2H3,(H2,14,19)(H2,15,16,17,18). The van der Waals surface area contributed by atoms with Crippen molar-refractivity contribution < 1.29 is 4.79 Å². The Labute approximate surface area is 116 Å². The number of benzene rings is 1. The van der Waals surface area contributed by atoms with Gasteiger partial charge in [0.15, 0.2) is 0 Å². The fraction of sp³-hybridized carbons (Fsp3) is 0.154. The lowest BCUT2D eigenvalue weighted by Gasteiger charge is -2.08. The van der Waals surface area contributed by atoms with Crippen molar-refractivity contribution in [2.24, 2.45) is 5.73 Å². The van der Waals surface area contributed by atoms with Crippen molar-refractivity contribution >= 4 is 28.9 Å². The molecule has 0 aliphatic heterocycles. The van der Waals surface area contributed by atoms with E-state index in [1.807, 2.05) is 32.0 Å². The molecule has 0 fully saturated rings. The molecule has 0 saturated heterocycles. The minimum atomic E-state index is -0.219. The number of nitrogens with two attached hydrogens (primary N) is 1. The van der Waals surface area contributed by atoms with Gasteiger partial charge in [0.1, 0.15) is 10.8 Å². The molecule has 1 aromatic carbocycles. The molecule has 2 rings (SSSR count). The van der Waals surface area contributed by atoms with Gasteiger partial charge in [-0.2, -0.15) is 5.10 Å². The second-order valence-corrected chi connectivity index (χ2v) is 4.74. The van der Waals surface area contributed by atoms with E-state index in [-0.39, 0.29) is 10.9 Å². The van der Waals surface area contributed by atoms with E-state index in [1.54, 1.807) is 0 Å². The molecule has 0 radical (unpaired) electrons. The van der Waals surface area contributed by atoms with E-state index in [0.29, 0.717) is 16.9 Å². The van der Waals surface area contributed by atoms with Crippen LogP contribution in [0.5, 0.6) is 0 Å². The SMILES string of the molecule is Cc1ccc(C)c(C(=O)Nc2[nH]ncc2C(N)=S)c1. The van der Waals surface area contributed by atoms with Crippen molar-refractivity contribution in [2.45, 2.75) is 13.8 Å². The number of carbonyl (C=O) groups excluding carboxylic acids is 1. The highest BCUT2D eigenvalue weighted by molar-refractivity contribution is 7.80. The smallest absolute Gasteiger partial charge is 0.257 e. The molecule has 4 N–H and O–H groups in total. The summed E-state index contributed by atoms with van der Waals surface area (Å²) in [7, 11) is 0. The molecule has 1 aromatic heterocycles. The van der Waals surface area contributed by atoms with Crippen molar-refractivity contribution in [1.29, 1.82) is 0 Å². The van der Waals surface area contributed by atoms with Crippen LogP contribution in [-0.2, 0) is 0 Å². The fourth-order valence-electron chi connectivity index (χ4n) is 1.73. The first kappa shape index (κ1) is 13.2. The number of anilines is 1. The molecule has 0 aliphatic rings. The number of carbonyl (C=O) groups is 1. The van der Waals surface area contributed by atoms with E-state index in [0.717, 1.165) is 11.1 Å². The summed E-state index contributed by atoms with van der Waals surface area (Å²) < 4.78 is 0. The predicted molar refractivity (Wildman–Crippen MR) is 78.3 cm³/mol. The number of nitrogens with zero attached hydrogens (tertiary/aromatic N) is 1. The first-order valence-corrected chi connectivity index (χ1v) is 6.11. The van der Waals surface area contributed by atoms with Crippen LogP contribution in [0.15, 0.2) is 24.4 Å². The molecular formula is C13H14N4OS. The highest BCUT2D eigenvalue weighted by atomic mass is 32.1. The van der Waals surface area contributed by atoms with Gasteiger partial charge in [-0.05, 0) is 25.5 Å². The lowest BCUT2D eigenvalue weighted by atomic mass is 10.1. The van der Waals surface area contributed by atoms with Crippen molar-refractivity contribution in [3.63, 3.8) is 0 Å². The lowest BCUT2D eigenvalue weighted by molar-refractivity contribution is 0.102. The molecule has 2 aromatic rings. The predicted octanol–water partition coefficient (Wildman–Crippen LogP) is 1.91. The van der Waals surface area contributed by atoms with Crippen LogP contribution in [0.3, 0.4) is 0 Å². The zero-order valence-corrected chi connectivity index (χ0v) is 11.5. The maximum absolute atomic E-state index is 12.2. The summed E-state index contributed by atoms with van der Waals surface area (Å²) in [6.07, 6.45) is 1.49. The Morgan fingerprint density at radius 3 is 2.79 bits per heavy atom. The average Bonchev–Trinajstić information content (AvgIpc) is 2.80. The molecule has 6 heteroatoms. The first-order chi connectivity index (χ1) is 8.99. The van der Waals surface area contributed by atoms with Crippen LogP contribution in [0.25, 0.3) is 0 Å². The van der Waals surface area contributed by atoms with Crippen LogP contribution < -0.4 is 11.1 Å². The third kappa shape index (κ3) is 2.79. The summed E-state index contributed by atoms with van der Waals surface area (Å²) in [6.45, 7) is 3.82. The normalized spacial score (nSPS) is 10.2. The number of amides is 1. The van der Waals surface area contributed by atoms with Crippen molar-refractivity contribution in [3.05, 3.63) is 46.6 Å². The minimum Gasteiger partial charge on any atom is -0.389 e. The lowest BCUT2D eigenvalue weighted by Crippen LogP contribution is -2.17. The van der Waals surface area contributed by atoms with E-state index >= 15 is 0 Å². The number of hydrogen-bond acceptors (Lipinski definition) is 3. The van der Waals surface area contributed by atoms with Crippen LogP contribution in [0.4, 0.5) is 5.82 Å². The maximum atomic E-state index is 12.2. The molecule has 1 amide bonds. The topological polar surface area (TPSA) is 83.8 Å². The van der Waals surface area contributed by atoms with Crippen LogP contribution in [-0.4, -0.2) is 21.1 Å². The van der Waals surface area contributed by atoms with Gasteiger partial charge in [0.2, 0.25) is 0 Å². The highest BCUT2D eigenvalue weighted by Gasteiger charge is 2.14. The molecule has 19 heavy (non-hydrogen) atoms. The fourth-order valence-corrected chi connectivity index (χ4v) is 1.88. The van der Waals surface area contributed by atoms with Crippen molar-refractivity contribution in [2.75, 3.05) is 5.32 Å². The number of aryl methyl sites for hydroxylation is 2. The van der Waals surface area contributed by atoms with Gasteiger partial charge >= 0.3 is 0 Å². The first-order valence-electron chi connectivity index (χ1n) is 5.71. The second kappa shape index (κ2) is 5.19. The summed E-state index contributed by atoms with van der Waals surface area (Å²) >= 11 is 4.89. The van der Waals surface area contributed by atoms with Crippen LogP contribution >= 0.6 is 12.2 Å². The molecule has 98 valence electrons. The zero-order chi connectivity index (χ0) is 14.0. The Morgan fingerprint density at radius 2 is 2.11 bits per heavy atom. The summed E-state index contributed by atoms with van der Waals surface area (Å²) in [4.78, 5) is 12.4. The molecule has 1 heterocycles. The molecule has 0 aliphatic carbocycles. The van der Waals surface area contributed by atoms with E-state index in [4.69, 9.17) is 18.0 Å². The number of aromatic amines is 1. The third-order valence-electron chi connectivity index (χ3n) is 2.78. The largest absolute Gasteiger partial charge is 0.389 e. The summed E-state index contributed by atoms with van der Waals surface area (Å²) in [5.74, 6) is 0.196. The Morgan fingerprint density at radius 1 is 1.37 bits per heavy atom. The Bertz CT molecular complexity index is 648. The highest BCUT2D eigenvalue weighted by Crippen LogP contribution is 2.15. The molecule has 0 saturated carbocycles. The van der Waals surface area contributed by atoms with Crippen molar-refractivity contribution in [1.82, 2.24) is 10.2 Å². The minimum absolute atomic E-state index is 0.185. The maximum Gasteiger partial charge on any atom is 0.257 e. The van der Waals surface area contributed by atoms with E-state index < -0.39 is 0 Å². The average molecular weight is 274 g/mol. The van der Waals surface area contributed by atoms with E-state index in [1.165, 1.54) is 6.20 Å². The number of H-pyrrole nitrogens is 1. The number of nitrogens with one attached hydrogen (secondary N) is 2.